The highest BCUT2D eigenvalue weighted by atomic mass is 16.6. The number of benzene rings is 1. The molecule has 1 fully saturated rings. The molecule has 0 aromatic heterocycles. The van der Waals surface area contributed by atoms with E-state index in [0.717, 1.165) is 29.9 Å². The van der Waals surface area contributed by atoms with Crippen molar-refractivity contribution in [2.45, 2.75) is 41.0 Å². The zero-order valence-electron chi connectivity index (χ0n) is 13.6. The van der Waals surface area contributed by atoms with Crippen LogP contribution in [-0.2, 0) is 4.74 Å². The van der Waals surface area contributed by atoms with E-state index in [2.05, 4.69) is 5.32 Å². The van der Waals surface area contributed by atoms with Gasteiger partial charge >= 0.3 is 6.09 Å². The molecule has 0 bridgehead atoms. The maximum absolute atomic E-state index is 11.6. The van der Waals surface area contributed by atoms with E-state index in [0.29, 0.717) is 6.61 Å². The Morgan fingerprint density at radius 3 is 2.35 bits per heavy atom. The number of anilines is 2. The van der Waals surface area contributed by atoms with Gasteiger partial charge in [0.25, 0.3) is 0 Å². The van der Waals surface area contributed by atoms with Gasteiger partial charge in [-0.05, 0) is 37.1 Å². The van der Waals surface area contributed by atoms with E-state index in [4.69, 9.17) is 4.74 Å². The van der Waals surface area contributed by atoms with Crippen LogP contribution in [0.3, 0.4) is 0 Å². The van der Waals surface area contributed by atoms with Crippen molar-refractivity contribution in [3.8, 4) is 0 Å². The zero-order chi connectivity index (χ0) is 15.5. The Kier molecular flexibility index (Phi) is 9.26. The summed E-state index contributed by atoms with van der Waals surface area (Å²) in [6.07, 6.45) is 0.644. The molecule has 1 aromatic carbocycles. The number of ether oxygens (including phenoxy) is 1. The minimum absolute atomic E-state index is 0.244. The van der Waals surface area contributed by atoms with Crippen molar-refractivity contribution in [1.82, 2.24) is 0 Å². The first kappa shape index (κ1) is 18.3. The molecular formula is C16H28N2O2. The van der Waals surface area contributed by atoms with Crippen LogP contribution in [0.2, 0.25) is 0 Å². The van der Waals surface area contributed by atoms with Crippen molar-refractivity contribution in [1.29, 1.82) is 0 Å². The quantitative estimate of drug-likeness (QED) is 0.871. The van der Waals surface area contributed by atoms with E-state index in [9.17, 15) is 4.79 Å². The van der Waals surface area contributed by atoms with Gasteiger partial charge in [-0.2, -0.15) is 0 Å². The topological polar surface area (TPSA) is 41.6 Å². The summed E-state index contributed by atoms with van der Waals surface area (Å²) < 4.78 is 5.03. The van der Waals surface area contributed by atoms with Crippen molar-refractivity contribution in [2.24, 2.45) is 0 Å². The normalized spacial score (nSPS) is 13.3. The van der Waals surface area contributed by atoms with Crippen LogP contribution in [0.4, 0.5) is 16.2 Å². The van der Waals surface area contributed by atoms with E-state index >= 15 is 0 Å². The minimum atomic E-state index is -0.244. The number of hydrogen-bond acceptors (Lipinski definition) is 3. The molecule has 2 rings (SSSR count). The molecule has 1 amide bonds. The first-order chi connectivity index (χ1) is 9.72. The molecule has 1 saturated heterocycles. The molecule has 0 saturated carbocycles. The van der Waals surface area contributed by atoms with Gasteiger partial charge in [0.2, 0.25) is 0 Å². The second kappa shape index (κ2) is 10.1. The minimum Gasteiger partial charge on any atom is -0.449 e. The van der Waals surface area contributed by atoms with Gasteiger partial charge in [-0.3, -0.25) is 4.90 Å². The summed E-state index contributed by atoms with van der Waals surface area (Å²) in [5.74, 6) is 0. The Morgan fingerprint density at radius 2 is 1.85 bits per heavy atom. The number of hydrogen-bond donors (Lipinski definition) is 1. The lowest BCUT2D eigenvalue weighted by Gasteiger charge is -2.27. The molecule has 0 atom stereocenters. The SMILES string of the molecule is CC.CC.CNc1ccc(N2CCCOC2=O)c(C)c1. The van der Waals surface area contributed by atoms with Crippen molar-refractivity contribution >= 4 is 17.5 Å². The van der Waals surface area contributed by atoms with Gasteiger partial charge in [-0.1, -0.05) is 27.7 Å². The van der Waals surface area contributed by atoms with Gasteiger partial charge in [0.05, 0.1) is 12.3 Å². The van der Waals surface area contributed by atoms with Crippen LogP contribution in [0.5, 0.6) is 0 Å². The van der Waals surface area contributed by atoms with E-state index in [1.807, 2.05) is 59.9 Å². The van der Waals surface area contributed by atoms with Gasteiger partial charge in [0.15, 0.2) is 0 Å². The van der Waals surface area contributed by atoms with Crippen LogP contribution in [0.1, 0.15) is 39.7 Å². The summed E-state index contributed by atoms with van der Waals surface area (Å²) in [5, 5.41) is 3.07. The maximum atomic E-state index is 11.6. The largest absolute Gasteiger partial charge is 0.449 e. The van der Waals surface area contributed by atoms with Gasteiger partial charge in [0.1, 0.15) is 0 Å². The molecule has 20 heavy (non-hydrogen) atoms. The number of amides is 1. The van der Waals surface area contributed by atoms with Crippen LogP contribution in [0.15, 0.2) is 18.2 Å². The molecule has 0 unspecified atom stereocenters. The standard InChI is InChI=1S/C12H16N2O2.2C2H6/c1-9-8-10(13-2)4-5-11(9)14-6-3-7-16-12(14)15;2*1-2/h4-5,8,13H,3,6-7H2,1-2H3;2*1-2H3. The molecule has 114 valence electrons. The fourth-order valence-electron chi connectivity index (χ4n) is 1.88. The molecule has 0 radical (unpaired) electrons. The Hall–Kier alpha value is -1.71. The molecule has 1 heterocycles. The molecule has 4 heteroatoms. The van der Waals surface area contributed by atoms with Gasteiger partial charge < -0.3 is 10.1 Å². The van der Waals surface area contributed by atoms with Gasteiger partial charge in [-0.15, -0.1) is 0 Å². The summed E-state index contributed by atoms with van der Waals surface area (Å²) in [4.78, 5) is 13.3. The van der Waals surface area contributed by atoms with Crippen molar-refractivity contribution < 1.29 is 9.53 Å². The summed E-state index contributed by atoms with van der Waals surface area (Å²) in [6.45, 7) is 11.3. The smallest absolute Gasteiger partial charge is 0.414 e. The lowest BCUT2D eigenvalue weighted by molar-refractivity contribution is 0.140. The number of rotatable bonds is 2. The third kappa shape index (κ3) is 4.76. The van der Waals surface area contributed by atoms with Crippen molar-refractivity contribution in [3.63, 3.8) is 0 Å². The van der Waals surface area contributed by atoms with Crippen LogP contribution < -0.4 is 10.2 Å². The number of carbonyl (C=O) groups excluding carboxylic acids is 1. The lowest BCUT2D eigenvalue weighted by atomic mass is 10.1. The van der Waals surface area contributed by atoms with Crippen molar-refractivity contribution in [3.05, 3.63) is 23.8 Å². The van der Waals surface area contributed by atoms with Crippen LogP contribution in [0, 0.1) is 6.92 Å². The van der Waals surface area contributed by atoms with Crippen LogP contribution in [0.25, 0.3) is 0 Å². The summed E-state index contributed by atoms with van der Waals surface area (Å²) in [7, 11) is 1.88. The highest BCUT2D eigenvalue weighted by Crippen LogP contribution is 2.25. The molecule has 0 spiro atoms. The van der Waals surface area contributed by atoms with Crippen LogP contribution >= 0.6 is 0 Å². The number of aryl methyl sites for hydroxylation is 1. The number of nitrogens with one attached hydrogen (secondary N) is 1. The predicted molar refractivity (Wildman–Crippen MR) is 86.7 cm³/mol. The first-order valence-corrected chi connectivity index (χ1v) is 7.45. The Labute approximate surface area is 123 Å². The second-order valence-electron chi connectivity index (χ2n) is 3.87. The molecule has 1 aliphatic heterocycles. The zero-order valence-corrected chi connectivity index (χ0v) is 13.6. The predicted octanol–water partition coefficient (Wildman–Crippen LogP) is 4.44. The average Bonchev–Trinajstić information content (AvgIpc) is 2.52. The summed E-state index contributed by atoms with van der Waals surface area (Å²) in [5.41, 5.74) is 3.06. The fourth-order valence-corrected chi connectivity index (χ4v) is 1.88. The average molecular weight is 280 g/mol. The fraction of sp³-hybridized carbons (Fsp3) is 0.562. The van der Waals surface area contributed by atoms with E-state index < -0.39 is 0 Å². The summed E-state index contributed by atoms with van der Waals surface area (Å²) >= 11 is 0. The molecule has 1 aromatic rings. The third-order valence-corrected chi connectivity index (χ3v) is 2.75. The molecule has 4 nitrogen and oxygen atoms in total. The number of nitrogens with zero attached hydrogens (tertiary/aromatic N) is 1. The van der Waals surface area contributed by atoms with E-state index in [1.54, 1.807) is 4.90 Å². The Bertz CT molecular complexity index is 405. The third-order valence-electron chi connectivity index (χ3n) is 2.75. The van der Waals surface area contributed by atoms with Gasteiger partial charge in [-0.25, -0.2) is 4.79 Å². The van der Waals surface area contributed by atoms with Crippen LogP contribution in [-0.4, -0.2) is 26.3 Å². The van der Waals surface area contributed by atoms with E-state index in [1.165, 1.54) is 0 Å². The Morgan fingerprint density at radius 1 is 1.20 bits per heavy atom. The second-order valence-corrected chi connectivity index (χ2v) is 3.87. The summed E-state index contributed by atoms with van der Waals surface area (Å²) in [6, 6.07) is 5.94. The highest BCUT2D eigenvalue weighted by Gasteiger charge is 2.22. The monoisotopic (exact) mass is 280 g/mol. The lowest BCUT2D eigenvalue weighted by Crippen LogP contribution is -2.38. The Balaban J connectivity index is 0.000000829. The molecular weight excluding hydrogens is 252 g/mol. The van der Waals surface area contributed by atoms with Gasteiger partial charge in [0, 0.05) is 19.3 Å². The number of carbonyl (C=O) groups is 1. The highest BCUT2D eigenvalue weighted by molar-refractivity contribution is 5.89. The number of cyclic esters (lactones) is 1. The van der Waals surface area contributed by atoms with Crippen molar-refractivity contribution in [2.75, 3.05) is 30.4 Å². The molecule has 1 N–H and O–H groups in total. The first-order valence-electron chi connectivity index (χ1n) is 7.45. The van der Waals surface area contributed by atoms with E-state index in [-0.39, 0.29) is 6.09 Å². The molecule has 1 aliphatic rings. The maximum Gasteiger partial charge on any atom is 0.414 e. The molecule has 0 aliphatic carbocycles.